The first-order chi connectivity index (χ1) is 14.0. The number of ether oxygens (including phenoxy) is 2. The maximum atomic E-state index is 13.0. The molecule has 0 bridgehead atoms. The van der Waals surface area contributed by atoms with Gasteiger partial charge in [0.1, 0.15) is 23.9 Å². The number of carbonyl (C=O) groups excluding carboxylic acids is 1. The molecule has 146 valence electrons. The van der Waals surface area contributed by atoms with Crippen molar-refractivity contribution in [2.75, 3.05) is 0 Å². The van der Waals surface area contributed by atoms with Gasteiger partial charge in [-0.2, -0.15) is 0 Å². The topological polar surface area (TPSA) is 35.5 Å². The molecule has 29 heavy (non-hydrogen) atoms. The van der Waals surface area contributed by atoms with Crippen LogP contribution in [0.4, 0.5) is 4.39 Å². The number of hydrogen-bond acceptors (Lipinski definition) is 3. The Balaban J connectivity index is 1.54. The van der Waals surface area contributed by atoms with Crippen molar-refractivity contribution < 1.29 is 18.7 Å². The van der Waals surface area contributed by atoms with Crippen molar-refractivity contribution in [3.63, 3.8) is 0 Å². The van der Waals surface area contributed by atoms with E-state index in [4.69, 9.17) is 9.47 Å². The molecule has 0 radical (unpaired) electrons. The van der Waals surface area contributed by atoms with Crippen LogP contribution in [-0.4, -0.2) is 5.78 Å². The van der Waals surface area contributed by atoms with E-state index in [0.717, 1.165) is 23.1 Å². The molecule has 3 nitrogen and oxygen atoms in total. The normalized spacial score (nSPS) is 14.0. The number of carbonyl (C=O) groups is 1. The summed E-state index contributed by atoms with van der Waals surface area (Å²) in [6.45, 7) is 4.27. The summed E-state index contributed by atoms with van der Waals surface area (Å²) in [6.07, 6.45) is 2.73. The van der Waals surface area contributed by atoms with E-state index in [1.807, 2.05) is 37.3 Å². The molecule has 0 unspecified atom stereocenters. The zero-order valence-electron chi connectivity index (χ0n) is 16.4. The van der Waals surface area contributed by atoms with Gasteiger partial charge in [0.2, 0.25) is 5.78 Å². The van der Waals surface area contributed by atoms with Crippen LogP contribution in [0, 0.1) is 12.7 Å². The summed E-state index contributed by atoms with van der Waals surface area (Å²) in [6, 6.07) is 17.8. The molecule has 1 aliphatic rings. The SMILES string of the molecule is CCc1ccc(/C=C2\Oc3cc(OCc4ccc(F)cc4)cc(C)c3C2=O)cc1. The molecule has 0 amide bonds. The van der Waals surface area contributed by atoms with Crippen molar-refractivity contribution in [3.8, 4) is 11.5 Å². The summed E-state index contributed by atoms with van der Waals surface area (Å²) in [5, 5.41) is 0. The van der Waals surface area contributed by atoms with Gasteiger partial charge in [-0.15, -0.1) is 0 Å². The summed E-state index contributed by atoms with van der Waals surface area (Å²) in [5.74, 6) is 1.01. The molecule has 0 atom stereocenters. The second kappa shape index (κ2) is 7.92. The Morgan fingerprint density at radius 2 is 1.69 bits per heavy atom. The monoisotopic (exact) mass is 388 g/mol. The molecule has 0 N–H and O–H groups in total. The van der Waals surface area contributed by atoms with Crippen LogP contribution in [0.25, 0.3) is 6.08 Å². The Morgan fingerprint density at radius 3 is 2.38 bits per heavy atom. The average molecular weight is 388 g/mol. The Hall–Kier alpha value is -3.40. The van der Waals surface area contributed by atoms with E-state index in [1.54, 1.807) is 24.3 Å². The van der Waals surface area contributed by atoms with Gasteiger partial charge < -0.3 is 9.47 Å². The van der Waals surface area contributed by atoms with Crippen molar-refractivity contribution in [1.29, 1.82) is 0 Å². The highest BCUT2D eigenvalue weighted by atomic mass is 19.1. The molecule has 0 spiro atoms. The van der Waals surface area contributed by atoms with E-state index in [9.17, 15) is 9.18 Å². The van der Waals surface area contributed by atoms with E-state index < -0.39 is 0 Å². The van der Waals surface area contributed by atoms with Crippen LogP contribution in [0.5, 0.6) is 11.5 Å². The molecule has 0 saturated heterocycles. The average Bonchev–Trinajstić information content (AvgIpc) is 3.04. The van der Waals surface area contributed by atoms with Crippen LogP contribution >= 0.6 is 0 Å². The van der Waals surface area contributed by atoms with Gasteiger partial charge in [0.15, 0.2) is 5.76 Å². The van der Waals surface area contributed by atoms with Gasteiger partial charge in [-0.3, -0.25) is 4.79 Å². The first-order valence-corrected chi connectivity index (χ1v) is 9.58. The second-order valence-electron chi connectivity index (χ2n) is 7.06. The summed E-state index contributed by atoms with van der Waals surface area (Å²) >= 11 is 0. The highest BCUT2D eigenvalue weighted by Crippen LogP contribution is 2.37. The Labute approximate surface area is 169 Å². The fourth-order valence-corrected chi connectivity index (χ4v) is 3.31. The lowest BCUT2D eigenvalue weighted by atomic mass is 10.0. The summed E-state index contributed by atoms with van der Waals surface area (Å²) in [5.41, 5.74) is 4.39. The molecular formula is C25H21FO3. The molecule has 4 heteroatoms. The van der Waals surface area contributed by atoms with Gasteiger partial charge in [-0.25, -0.2) is 4.39 Å². The van der Waals surface area contributed by atoms with Crippen molar-refractivity contribution >= 4 is 11.9 Å². The van der Waals surface area contributed by atoms with Gasteiger partial charge in [0.25, 0.3) is 0 Å². The lowest BCUT2D eigenvalue weighted by Crippen LogP contribution is -2.00. The zero-order chi connectivity index (χ0) is 20.4. The van der Waals surface area contributed by atoms with Crippen LogP contribution in [0.3, 0.4) is 0 Å². The summed E-state index contributed by atoms with van der Waals surface area (Å²) < 4.78 is 24.7. The van der Waals surface area contributed by atoms with Crippen LogP contribution in [-0.2, 0) is 13.0 Å². The number of rotatable bonds is 5. The van der Waals surface area contributed by atoms with E-state index >= 15 is 0 Å². The lowest BCUT2D eigenvalue weighted by molar-refractivity contribution is 0.101. The van der Waals surface area contributed by atoms with E-state index in [1.165, 1.54) is 17.7 Å². The van der Waals surface area contributed by atoms with Crippen molar-refractivity contribution in [2.45, 2.75) is 26.9 Å². The molecule has 0 aromatic heterocycles. The highest BCUT2D eigenvalue weighted by Gasteiger charge is 2.30. The molecule has 3 aromatic rings. The third-order valence-corrected chi connectivity index (χ3v) is 4.95. The predicted molar refractivity (Wildman–Crippen MR) is 111 cm³/mol. The fourth-order valence-electron chi connectivity index (χ4n) is 3.31. The fraction of sp³-hybridized carbons (Fsp3) is 0.160. The smallest absolute Gasteiger partial charge is 0.232 e. The number of ketones is 1. The second-order valence-corrected chi connectivity index (χ2v) is 7.06. The molecule has 3 aromatic carbocycles. The van der Waals surface area contributed by atoms with Crippen LogP contribution in [0.2, 0.25) is 0 Å². The minimum Gasteiger partial charge on any atom is -0.489 e. The number of aryl methyl sites for hydroxylation is 2. The van der Waals surface area contributed by atoms with Crippen LogP contribution in [0.15, 0.2) is 66.4 Å². The lowest BCUT2D eigenvalue weighted by Gasteiger charge is -2.09. The minimum atomic E-state index is -0.280. The van der Waals surface area contributed by atoms with Crippen LogP contribution < -0.4 is 9.47 Å². The maximum Gasteiger partial charge on any atom is 0.232 e. The van der Waals surface area contributed by atoms with Gasteiger partial charge in [0.05, 0.1) is 5.56 Å². The molecule has 4 rings (SSSR count). The minimum absolute atomic E-state index is 0.123. The molecule has 0 saturated carbocycles. The number of allylic oxidation sites excluding steroid dienone is 1. The first kappa shape index (κ1) is 18.9. The molecular weight excluding hydrogens is 367 g/mol. The Bertz CT molecular complexity index is 1080. The van der Waals surface area contributed by atoms with Gasteiger partial charge in [-0.1, -0.05) is 43.3 Å². The third kappa shape index (κ3) is 4.06. The Kier molecular flexibility index (Phi) is 5.17. The third-order valence-electron chi connectivity index (χ3n) is 4.95. The molecule has 0 fully saturated rings. The zero-order valence-corrected chi connectivity index (χ0v) is 16.4. The molecule has 1 heterocycles. The van der Waals surface area contributed by atoms with E-state index in [2.05, 4.69) is 6.92 Å². The molecule has 1 aliphatic heterocycles. The van der Waals surface area contributed by atoms with Gasteiger partial charge in [0, 0.05) is 6.07 Å². The quantitative estimate of drug-likeness (QED) is 0.511. The number of halogens is 1. The summed E-state index contributed by atoms with van der Waals surface area (Å²) in [4.78, 5) is 12.8. The highest BCUT2D eigenvalue weighted by molar-refractivity contribution is 6.15. The van der Waals surface area contributed by atoms with Crippen LogP contribution in [0.1, 0.15) is 39.5 Å². The van der Waals surface area contributed by atoms with Gasteiger partial charge >= 0.3 is 0 Å². The van der Waals surface area contributed by atoms with Crippen molar-refractivity contribution in [1.82, 2.24) is 0 Å². The maximum absolute atomic E-state index is 13.0. The number of fused-ring (bicyclic) bond motifs is 1. The number of benzene rings is 3. The molecule has 0 aliphatic carbocycles. The largest absolute Gasteiger partial charge is 0.489 e. The Morgan fingerprint density at radius 1 is 1.00 bits per heavy atom. The van der Waals surface area contributed by atoms with Crippen molar-refractivity contribution in [2.24, 2.45) is 0 Å². The number of Topliss-reactive ketones (excluding diaryl/α,β-unsaturated/α-hetero) is 1. The predicted octanol–water partition coefficient (Wildman–Crippen LogP) is 5.89. The summed E-state index contributed by atoms with van der Waals surface area (Å²) in [7, 11) is 0. The van der Waals surface area contributed by atoms with E-state index in [-0.39, 0.29) is 11.6 Å². The van der Waals surface area contributed by atoms with Gasteiger partial charge in [-0.05, 0) is 59.9 Å². The standard InChI is InChI=1S/C25H21FO3/c1-3-17-4-6-18(7-5-17)13-23-25(27)24-16(2)12-21(14-22(24)29-23)28-15-19-8-10-20(26)11-9-19/h4-14H,3,15H2,1-2H3/b23-13-. The van der Waals surface area contributed by atoms with E-state index in [0.29, 0.717) is 29.4 Å². The first-order valence-electron chi connectivity index (χ1n) is 9.58. The van der Waals surface area contributed by atoms with Crippen molar-refractivity contribution in [3.05, 3.63) is 100 Å². The number of hydrogen-bond donors (Lipinski definition) is 0.